The summed E-state index contributed by atoms with van der Waals surface area (Å²) >= 11 is 0. The van der Waals surface area contributed by atoms with E-state index in [1.54, 1.807) is 0 Å². The maximum atomic E-state index is 5.95. The van der Waals surface area contributed by atoms with Gasteiger partial charge in [-0.05, 0) is 36.8 Å². The molecule has 0 amide bonds. The standard InChI is InChI=1S/C15H14N4.ClH/c1-10-5-4-6-11(9-10)17-15-18-13-8-3-2-7-12(13)14(16)19-15;/h2-9H,1H3,(H3,16,17,18,19);1H. The molecule has 1 heterocycles. The van der Waals surface area contributed by atoms with Gasteiger partial charge >= 0.3 is 0 Å². The van der Waals surface area contributed by atoms with Crippen molar-refractivity contribution in [2.24, 2.45) is 0 Å². The molecule has 5 heteroatoms. The van der Waals surface area contributed by atoms with Gasteiger partial charge in [-0.15, -0.1) is 12.4 Å². The summed E-state index contributed by atoms with van der Waals surface area (Å²) < 4.78 is 0. The number of fused-ring (bicyclic) bond motifs is 1. The Morgan fingerprint density at radius 2 is 1.80 bits per heavy atom. The largest absolute Gasteiger partial charge is 0.383 e. The smallest absolute Gasteiger partial charge is 0.229 e. The Morgan fingerprint density at radius 3 is 2.60 bits per heavy atom. The number of aryl methyl sites for hydroxylation is 1. The number of hydrogen-bond acceptors (Lipinski definition) is 4. The highest BCUT2D eigenvalue weighted by Gasteiger charge is 2.04. The van der Waals surface area contributed by atoms with Gasteiger partial charge in [-0.2, -0.15) is 4.98 Å². The van der Waals surface area contributed by atoms with Crippen LogP contribution in [0.15, 0.2) is 48.5 Å². The van der Waals surface area contributed by atoms with Crippen LogP contribution in [0.25, 0.3) is 10.9 Å². The summed E-state index contributed by atoms with van der Waals surface area (Å²) in [7, 11) is 0. The van der Waals surface area contributed by atoms with Crippen LogP contribution in [0.5, 0.6) is 0 Å². The number of nitrogens with zero attached hydrogens (tertiary/aromatic N) is 2. The van der Waals surface area contributed by atoms with Crippen molar-refractivity contribution >= 4 is 40.8 Å². The minimum absolute atomic E-state index is 0. The topological polar surface area (TPSA) is 63.8 Å². The van der Waals surface area contributed by atoms with Gasteiger partial charge in [0.05, 0.1) is 5.52 Å². The fourth-order valence-corrected chi connectivity index (χ4v) is 2.01. The van der Waals surface area contributed by atoms with Gasteiger partial charge in [0, 0.05) is 11.1 Å². The number of aromatic nitrogens is 2. The first-order valence-corrected chi connectivity index (χ1v) is 6.08. The van der Waals surface area contributed by atoms with Crippen LogP contribution in [-0.2, 0) is 0 Å². The monoisotopic (exact) mass is 286 g/mol. The molecule has 0 saturated carbocycles. The van der Waals surface area contributed by atoms with E-state index in [1.807, 2.05) is 55.5 Å². The predicted molar refractivity (Wildman–Crippen MR) is 85.7 cm³/mol. The average Bonchev–Trinajstić information content (AvgIpc) is 2.39. The molecule has 0 bridgehead atoms. The minimum Gasteiger partial charge on any atom is -0.383 e. The second kappa shape index (κ2) is 5.75. The first-order valence-electron chi connectivity index (χ1n) is 6.08. The summed E-state index contributed by atoms with van der Waals surface area (Å²) in [5, 5.41) is 4.05. The van der Waals surface area contributed by atoms with Gasteiger partial charge in [0.2, 0.25) is 5.95 Å². The van der Waals surface area contributed by atoms with Crippen LogP contribution in [0, 0.1) is 6.92 Å². The van der Waals surface area contributed by atoms with Gasteiger partial charge in [0.25, 0.3) is 0 Å². The van der Waals surface area contributed by atoms with Crippen molar-refractivity contribution in [2.45, 2.75) is 6.92 Å². The predicted octanol–water partition coefficient (Wildman–Crippen LogP) is 3.69. The van der Waals surface area contributed by atoms with E-state index < -0.39 is 0 Å². The zero-order valence-electron chi connectivity index (χ0n) is 11.0. The van der Waals surface area contributed by atoms with Gasteiger partial charge < -0.3 is 11.1 Å². The fraction of sp³-hybridized carbons (Fsp3) is 0.0667. The second-order valence-corrected chi connectivity index (χ2v) is 4.44. The molecule has 0 unspecified atom stereocenters. The summed E-state index contributed by atoms with van der Waals surface area (Å²) in [5.74, 6) is 1.00. The molecule has 0 aliphatic carbocycles. The summed E-state index contributed by atoms with van der Waals surface area (Å²) in [6, 6.07) is 15.7. The van der Waals surface area contributed by atoms with Crippen molar-refractivity contribution < 1.29 is 0 Å². The van der Waals surface area contributed by atoms with E-state index in [4.69, 9.17) is 5.73 Å². The Bertz CT molecular complexity index is 743. The van der Waals surface area contributed by atoms with Crippen molar-refractivity contribution in [1.29, 1.82) is 0 Å². The summed E-state index contributed by atoms with van der Waals surface area (Å²) in [6.45, 7) is 2.04. The lowest BCUT2D eigenvalue weighted by Gasteiger charge is -2.08. The first kappa shape index (κ1) is 14.1. The molecule has 3 aromatic rings. The van der Waals surface area contributed by atoms with E-state index in [1.165, 1.54) is 5.56 Å². The van der Waals surface area contributed by atoms with E-state index in [9.17, 15) is 0 Å². The number of nitrogens with two attached hydrogens (primary N) is 1. The number of anilines is 3. The number of para-hydroxylation sites is 1. The zero-order chi connectivity index (χ0) is 13.2. The SMILES string of the molecule is Cc1cccc(Nc2nc(N)c3ccccc3n2)c1.Cl. The van der Waals surface area contributed by atoms with Crippen LogP contribution in [0.4, 0.5) is 17.5 Å². The zero-order valence-corrected chi connectivity index (χ0v) is 11.8. The van der Waals surface area contributed by atoms with Crippen molar-refractivity contribution in [3.8, 4) is 0 Å². The van der Waals surface area contributed by atoms with Crippen molar-refractivity contribution in [3.63, 3.8) is 0 Å². The molecule has 0 saturated heterocycles. The molecule has 0 aliphatic rings. The minimum atomic E-state index is 0. The second-order valence-electron chi connectivity index (χ2n) is 4.44. The van der Waals surface area contributed by atoms with Crippen LogP contribution in [0.3, 0.4) is 0 Å². The van der Waals surface area contributed by atoms with Gasteiger partial charge in [-0.3, -0.25) is 0 Å². The number of rotatable bonds is 2. The Morgan fingerprint density at radius 1 is 1.00 bits per heavy atom. The maximum absolute atomic E-state index is 5.95. The third-order valence-electron chi connectivity index (χ3n) is 2.91. The highest BCUT2D eigenvalue weighted by Crippen LogP contribution is 2.21. The summed E-state index contributed by atoms with van der Waals surface area (Å²) in [4.78, 5) is 8.74. The molecule has 0 atom stereocenters. The molecule has 102 valence electrons. The quantitative estimate of drug-likeness (QED) is 0.754. The lowest BCUT2D eigenvalue weighted by Crippen LogP contribution is -2.01. The van der Waals surface area contributed by atoms with Crippen LogP contribution < -0.4 is 11.1 Å². The molecule has 20 heavy (non-hydrogen) atoms. The number of benzene rings is 2. The number of nitrogen functional groups attached to an aromatic ring is 1. The molecule has 4 nitrogen and oxygen atoms in total. The van der Waals surface area contributed by atoms with E-state index >= 15 is 0 Å². The fourth-order valence-electron chi connectivity index (χ4n) is 2.01. The third-order valence-corrected chi connectivity index (χ3v) is 2.91. The Labute approximate surface area is 123 Å². The molecule has 0 fully saturated rings. The summed E-state index contributed by atoms with van der Waals surface area (Å²) in [5.41, 5.74) is 8.92. The third kappa shape index (κ3) is 2.81. The van der Waals surface area contributed by atoms with E-state index in [-0.39, 0.29) is 12.4 Å². The van der Waals surface area contributed by atoms with Gasteiger partial charge in [-0.1, -0.05) is 24.3 Å². The molecule has 2 aromatic carbocycles. The lowest BCUT2D eigenvalue weighted by atomic mass is 10.2. The highest BCUT2D eigenvalue weighted by atomic mass is 35.5. The Hall–Kier alpha value is -2.33. The molecular formula is C15H15ClN4. The summed E-state index contributed by atoms with van der Waals surface area (Å²) in [6.07, 6.45) is 0. The molecule has 3 rings (SSSR count). The molecule has 1 aromatic heterocycles. The number of nitrogens with one attached hydrogen (secondary N) is 1. The van der Waals surface area contributed by atoms with E-state index in [0.717, 1.165) is 16.6 Å². The lowest BCUT2D eigenvalue weighted by molar-refractivity contribution is 1.22. The first-order chi connectivity index (χ1) is 9.22. The van der Waals surface area contributed by atoms with E-state index in [0.29, 0.717) is 11.8 Å². The van der Waals surface area contributed by atoms with Crippen molar-refractivity contribution in [3.05, 3.63) is 54.1 Å². The van der Waals surface area contributed by atoms with Gasteiger partial charge in [0.1, 0.15) is 5.82 Å². The molecular weight excluding hydrogens is 272 g/mol. The van der Waals surface area contributed by atoms with Crippen LogP contribution in [-0.4, -0.2) is 9.97 Å². The van der Waals surface area contributed by atoms with E-state index in [2.05, 4.69) is 15.3 Å². The van der Waals surface area contributed by atoms with Crippen molar-refractivity contribution in [2.75, 3.05) is 11.1 Å². The number of hydrogen-bond donors (Lipinski definition) is 2. The Balaban J connectivity index is 0.00000147. The van der Waals surface area contributed by atoms with Gasteiger partial charge in [-0.25, -0.2) is 4.98 Å². The Kier molecular flexibility index (Phi) is 4.05. The molecule has 0 aliphatic heterocycles. The normalized spacial score (nSPS) is 10.1. The van der Waals surface area contributed by atoms with Crippen LogP contribution >= 0.6 is 12.4 Å². The maximum Gasteiger partial charge on any atom is 0.229 e. The number of halogens is 1. The molecule has 0 spiro atoms. The molecule has 3 N–H and O–H groups in total. The highest BCUT2D eigenvalue weighted by molar-refractivity contribution is 5.89. The van der Waals surface area contributed by atoms with Crippen molar-refractivity contribution in [1.82, 2.24) is 9.97 Å². The van der Waals surface area contributed by atoms with Crippen LogP contribution in [0.2, 0.25) is 0 Å². The van der Waals surface area contributed by atoms with Gasteiger partial charge in [0.15, 0.2) is 0 Å². The molecule has 0 radical (unpaired) electrons. The average molecular weight is 287 g/mol. The van der Waals surface area contributed by atoms with Crippen LogP contribution in [0.1, 0.15) is 5.56 Å².